The first-order chi connectivity index (χ1) is 16.6. The number of benzene rings is 2. The van der Waals surface area contributed by atoms with Crippen LogP contribution in [-0.2, 0) is 12.8 Å². The second-order valence-electron chi connectivity index (χ2n) is 7.79. The van der Waals surface area contributed by atoms with Crippen LogP contribution in [0.2, 0.25) is 0 Å². The maximum atomic E-state index is 13.1. The summed E-state index contributed by atoms with van der Waals surface area (Å²) in [4.78, 5) is 33.2. The molecule has 0 fully saturated rings. The lowest BCUT2D eigenvalue weighted by Gasteiger charge is -2.13. The van der Waals surface area contributed by atoms with Crippen LogP contribution < -0.4 is 20.2 Å². The van der Waals surface area contributed by atoms with E-state index < -0.39 is 5.91 Å². The molecule has 3 heterocycles. The Morgan fingerprint density at radius 1 is 1.15 bits per heavy atom. The van der Waals surface area contributed by atoms with E-state index in [1.165, 1.54) is 18.7 Å². The number of carbonyl (C=O) groups excluding carboxylic acids is 1. The van der Waals surface area contributed by atoms with Gasteiger partial charge in [-0.3, -0.25) is 14.7 Å². The number of hydrogen-bond donors (Lipinski definition) is 2. The smallest absolute Gasteiger partial charge is 0.260 e. The minimum atomic E-state index is -0.513. The van der Waals surface area contributed by atoms with Crippen molar-refractivity contribution in [1.29, 1.82) is 0 Å². The monoisotopic (exact) mass is 455 g/mol. The van der Waals surface area contributed by atoms with Gasteiger partial charge in [0.1, 0.15) is 17.8 Å². The number of hydrogen-bond acceptors (Lipinski definition) is 7. The number of rotatable bonds is 6. The van der Waals surface area contributed by atoms with E-state index in [2.05, 4.69) is 31.5 Å². The molecule has 9 nitrogen and oxygen atoms in total. The van der Waals surface area contributed by atoms with Gasteiger partial charge in [0, 0.05) is 37.0 Å². The lowest BCUT2D eigenvalue weighted by molar-refractivity contribution is 0.102. The van der Waals surface area contributed by atoms with Crippen molar-refractivity contribution in [3.63, 3.8) is 0 Å². The van der Waals surface area contributed by atoms with E-state index in [1.54, 1.807) is 13.3 Å². The third-order valence-electron chi connectivity index (χ3n) is 5.67. The van der Waals surface area contributed by atoms with Gasteiger partial charge in [0.25, 0.3) is 5.91 Å². The summed E-state index contributed by atoms with van der Waals surface area (Å²) < 4.78 is 11.1. The number of nitrogens with zero attached hydrogens (tertiary/aromatic N) is 3. The number of amides is 1. The first-order valence-corrected chi connectivity index (χ1v) is 10.7. The molecule has 0 aliphatic carbocycles. The fourth-order valence-corrected chi connectivity index (χ4v) is 3.92. The number of anilines is 1. The molecule has 34 heavy (non-hydrogen) atoms. The van der Waals surface area contributed by atoms with Crippen molar-refractivity contribution in [3.8, 4) is 22.6 Å². The van der Waals surface area contributed by atoms with Crippen LogP contribution >= 0.6 is 0 Å². The molecule has 170 valence electrons. The highest BCUT2D eigenvalue weighted by molar-refractivity contribution is 6.03. The molecule has 0 saturated carbocycles. The maximum Gasteiger partial charge on any atom is 0.260 e. The summed E-state index contributed by atoms with van der Waals surface area (Å²) >= 11 is 0. The van der Waals surface area contributed by atoms with Crippen LogP contribution in [0.15, 0.2) is 66.1 Å². The molecule has 1 aliphatic heterocycles. The van der Waals surface area contributed by atoms with Crippen LogP contribution in [0.5, 0.6) is 11.5 Å². The first kappa shape index (κ1) is 21.3. The number of carbonyl (C=O) groups is 1. The largest absolute Gasteiger partial charge is 0.497 e. The number of ether oxygens (including phenoxy) is 2. The summed E-state index contributed by atoms with van der Waals surface area (Å²) in [5.74, 6) is 1.03. The second kappa shape index (κ2) is 9.14. The third kappa shape index (κ3) is 4.23. The van der Waals surface area contributed by atoms with Gasteiger partial charge in [-0.05, 0) is 46.5 Å². The molecule has 0 atom stereocenters. The Labute approximate surface area is 194 Å². The van der Waals surface area contributed by atoms with Crippen molar-refractivity contribution >= 4 is 11.7 Å². The highest BCUT2D eigenvalue weighted by Gasteiger charge is 2.17. The number of nitrogens with one attached hydrogen (secondary N) is 2. The molecule has 1 aliphatic rings. The van der Waals surface area contributed by atoms with Crippen LogP contribution in [0.1, 0.15) is 27.0 Å². The zero-order chi connectivity index (χ0) is 23.5. The fourth-order valence-electron chi connectivity index (χ4n) is 3.92. The molecule has 4 aromatic rings. The van der Waals surface area contributed by atoms with Crippen molar-refractivity contribution in [2.24, 2.45) is 0 Å². The molecule has 0 radical (unpaired) electrons. The maximum absolute atomic E-state index is 13.1. The highest BCUT2D eigenvalue weighted by atomic mass is 16.5. The molecular formula is C25H21N5O4. The van der Waals surface area contributed by atoms with Crippen LogP contribution in [-0.4, -0.2) is 39.8 Å². The van der Waals surface area contributed by atoms with E-state index in [1.807, 2.05) is 30.3 Å². The lowest BCUT2D eigenvalue weighted by Crippen LogP contribution is -2.23. The first-order valence-electron chi connectivity index (χ1n) is 10.7. The third-order valence-corrected chi connectivity index (χ3v) is 5.67. The Morgan fingerprint density at radius 2 is 2.00 bits per heavy atom. The van der Waals surface area contributed by atoms with Gasteiger partial charge < -0.3 is 14.8 Å². The highest BCUT2D eigenvalue weighted by Crippen LogP contribution is 2.34. The molecule has 0 saturated heterocycles. The van der Waals surface area contributed by atoms with Crippen molar-refractivity contribution < 1.29 is 14.3 Å². The Hall–Kier alpha value is -4.53. The Morgan fingerprint density at radius 3 is 2.82 bits per heavy atom. The van der Waals surface area contributed by atoms with Gasteiger partial charge in [0.05, 0.1) is 19.3 Å². The van der Waals surface area contributed by atoms with E-state index in [9.17, 15) is 9.59 Å². The van der Waals surface area contributed by atoms with Crippen LogP contribution in [0, 0.1) is 0 Å². The molecular weight excluding hydrogens is 434 g/mol. The topological polar surface area (TPSA) is 119 Å². The van der Waals surface area contributed by atoms with Gasteiger partial charge in [-0.1, -0.05) is 12.1 Å². The fraction of sp³-hybridized carbons (Fsp3) is 0.160. The van der Waals surface area contributed by atoms with E-state index in [0.717, 1.165) is 40.2 Å². The van der Waals surface area contributed by atoms with Gasteiger partial charge in [-0.25, -0.2) is 9.97 Å². The van der Waals surface area contributed by atoms with Crippen LogP contribution in [0.25, 0.3) is 11.1 Å². The average molecular weight is 455 g/mol. The molecule has 2 N–H and O–H groups in total. The number of fused-ring (bicyclic) bond motifs is 1. The predicted octanol–water partition coefficient (Wildman–Crippen LogP) is 3.01. The number of aromatic amines is 1. The molecule has 2 aromatic carbocycles. The molecule has 2 aromatic heterocycles. The molecule has 9 heteroatoms. The Kier molecular flexibility index (Phi) is 5.73. The van der Waals surface area contributed by atoms with E-state index >= 15 is 0 Å². The quantitative estimate of drug-likeness (QED) is 0.459. The summed E-state index contributed by atoms with van der Waals surface area (Å²) in [7, 11) is 1.62. The van der Waals surface area contributed by atoms with Crippen molar-refractivity contribution in [2.75, 3.05) is 19.0 Å². The van der Waals surface area contributed by atoms with Gasteiger partial charge in [0.2, 0.25) is 11.2 Å². The Bertz CT molecular complexity index is 1420. The summed E-state index contributed by atoms with van der Waals surface area (Å²) in [6, 6.07) is 11.9. The second-order valence-corrected chi connectivity index (χ2v) is 7.79. The zero-order valence-electron chi connectivity index (χ0n) is 18.4. The summed E-state index contributed by atoms with van der Waals surface area (Å²) in [5.41, 5.74) is 4.39. The van der Waals surface area contributed by atoms with Crippen LogP contribution in [0.3, 0.4) is 0 Å². The van der Waals surface area contributed by atoms with E-state index in [0.29, 0.717) is 18.6 Å². The van der Waals surface area contributed by atoms with Gasteiger partial charge >= 0.3 is 0 Å². The molecule has 5 rings (SSSR count). The minimum absolute atomic E-state index is 0.0869. The van der Waals surface area contributed by atoms with E-state index in [-0.39, 0.29) is 16.8 Å². The summed E-state index contributed by atoms with van der Waals surface area (Å²) in [6.45, 7) is 0.680. The van der Waals surface area contributed by atoms with Crippen molar-refractivity contribution in [1.82, 2.24) is 20.2 Å². The van der Waals surface area contributed by atoms with Gasteiger partial charge in [-0.15, -0.1) is 0 Å². The number of H-pyrrole nitrogens is 1. The van der Waals surface area contributed by atoms with Crippen LogP contribution in [0.4, 0.5) is 5.82 Å². The summed E-state index contributed by atoms with van der Waals surface area (Å²) in [6.07, 6.45) is 6.80. The number of methoxy groups -OCH3 is 1. The SMILES string of the molecule is COc1ccc(Cc2c[nH]nc(NC(=O)c3cncnc3)c2=O)c(-c2ccc3c(c2)CCO3)c1. The molecule has 0 spiro atoms. The summed E-state index contributed by atoms with van der Waals surface area (Å²) in [5, 5.41) is 9.21. The molecule has 0 bridgehead atoms. The standard InChI is InChI=1S/C25H21N5O4/c1-33-20-4-2-15(21(10-20)16-3-5-22-17(8-16)6-7-34-22)9-18-13-28-30-24(23(18)31)29-25(32)19-11-26-14-27-12-19/h2-5,8,10-14H,6-7,9H2,1H3,(H,28,31)(H,29,30,32). The average Bonchev–Trinajstić information content (AvgIpc) is 3.35. The molecule has 0 unspecified atom stereocenters. The van der Waals surface area contributed by atoms with Gasteiger partial charge in [0.15, 0.2) is 0 Å². The zero-order valence-corrected chi connectivity index (χ0v) is 18.4. The molecule has 1 amide bonds. The van der Waals surface area contributed by atoms with Crippen molar-refractivity contribution in [3.05, 3.63) is 93.8 Å². The van der Waals surface area contributed by atoms with Gasteiger partial charge in [-0.2, -0.15) is 5.10 Å². The minimum Gasteiger partial charge on any atom is -0.497 e. The Balaban J connectivity index is 1.47. The van der Waals surface area contributed by atoms with Crippen molar-refractivity contribution in [2.45, 2.75) is 12.8 Å². The number of aromatic nitrogens is 4. The predicted molar refractivity (Wildman–Crippen MR) is 125 cm³/mol. The lowest BCUT2D eigenvalue weighted by atomic mass is 9.93. The van der Waals surface area contributed by atoms with E-state index in [4.69, 9.17) is 9.47 Å². The normalized spacial score (nSPS) is 12.0.